The van der Waals surface area contributed by atoms with Gasteiger partial charge in [0.05, 0.1) is 11.8 Å². The Morgan fingerprint density at radius 1 is 1.30 bits per heavy atom. The van der Waals surface area contributed by atoms with Gasteiger partial charge >= 0.3 is 0 Å². The molecule has 5 heteroatoms. The Balaban J connectivity index is 2.01. The molecule has 1 heterocycles. The molecule has 2 rings (SSSR count). The van der Waals surface area contributed by atoms with Gasteiger partial charge in [0, 0.05) is 23.9 Å². The van der Waals surface area contributed by atoms with Crippen LogP contribution in [0.2, 0.25) is 0 Å². The number of hydrogen-bond donors (Lipinski definition) is 1. The normalized spacial score (nSPS) is 12.7. The van der Waals surface area contributed by atoms with Crippen molar-refractivity contribution in [2.24, 2.45) is 0 Å². The summed E-state index contributed by atoms with van der Waals surface area (Å²) in [4.78, 5) is 0. The molecule has 1 aromatic heterocycles. The van der Waals surface area contributed by atoms with Gasteiger partial charge in [-0.1, -0.05) is 0 Å². The summed E-state index contributed by atoms with van der Waals surface area (Å²) in [5.41, 5.74) is 1.06. The molecule has 4 nitrogen and oxygen atoms in total. The maximum absolute atomic E-state index is 13.7. The van der Waals surface area contributed by atoms with Crippen molar-refractivity contribution in [1.82, 2.24) is 9.78 Å². The lowest BCUT2D eigenvalue weighted by Gasteiger charge is -2.09. The van der Waals surface area contributed by atoms with E-state index in [1.54, 1.807) is 6.07 Å². The average molecular weight is 278 g/mol. The molecular formula is C15H19FN2O2. The second kappa shape index (κ2) is 6.05. The summed E-state index contributed by atoms with van der Waals surface area (Å²) in [6.07, 6.45) is 1.06. The summed E-state index contributed by atoms with van der Waals surface area (Å²) in [5, 5.41) is 13.7. The molecular weight excluding hydrogens is 259 g/mol. The first-order valence-electron chi connectivity index (χ1n) is 6.61. The standard InChI is InChI=1S/C15H19FN2O2/c1-10(2)18-7-6-12(17-18)9-20-13-4-5-14(11(3)19)15(16)8-13/h4-8,10-11,19H,9H2,1-3H3/t11-/m0/s1. The largest absolute Gasteiger partial charge is 0.487 e. The lowest BCUT2D eigenvalue weighted by atomic mass is 10.1. The van der Waals surface area contributed by atoms with Crippen LogP contribution in [-0.4, -0.2) is 14.9 Å². The highest BCUT2D eigenvalue weighted by molar-refractivity contribution is 5.30. The van der Waals surface area contributed by atoms with Crippen LogP contribution in [-0.2, 0) is 6.61 Å². The van der Waals surface area contributed by atoms with Crippen LogP contribution in [0, 0.1) is 5.82 Å². The van der Waals surface area contributed by atoms with Gasteiger partial charge in [0.2, 0.25) is 0 Å². The third kappa shape index (κ3) is 3.36. The van der Waals surface area contributed by atoms with Crippen molar-refractivity contribution in [3.05, 3.63) is 47.5 Å². The number of benzene rings is 1. The van der Waals surface area contributed by atoms with Gasteiger partial charge in [-0.25, -0.2) is 4.39 Å². The number of aromatic nitrogens is 2. The third-order valence-electron chi connectivity index (χ3n) is 3.00. The van der Waals surface area contributed by atoms with E-state index in [2.05, 4.69) is 5.10 Å². The number of rotatable bonds is 5. The molecule has 0 saturated carbocycles. The van der Waals surface area contributed by atoms with Crippen molar-refractivity contribution in [3.8, 4) is 5.75 Å². The summed E-state index contributed by atoms with van der Waals surface area (Å²) in [6.45, 7) is 5.90. The van der Waals surface area contributed by atoms with Gasteiger partial charge in [0.25, 0.3) is 0 Å². The molecule has 0 fully saturated rings. The molecule has 0 aliphatic heterocycles. The lowest BCUT2D eigenvalue weighted by molar-refractivity contribution is 0.193. The fourth-order valence-corrected chi connectivity index (χ4v) is 1.84. The quantitative estimate of drug-likeness (QED) is 0.913. The zero-order valence-electron chi connectivity index (χ0n) is 11.9. The summed E-state index contributed by atoms with van der Waals surface area (Å²) < 4.78 is 21.0. The first kappa shape index (κ1) is 14.5. The van der Waals surface area contributed by atoms with E-state index in [-0.39, 0.29) is 12.2 Å². The topological polar surface area (TPSA) is 47.3 Å². The smallest absolute Gasteiger partial charge is 0.132 e. The molecule has 1 atom stereocenters. The highest BCUT2D eigenvalue weighted by atomic mass is 19.1. The van der Waals surface area contributed by atoms with Gasteiger partial charge in [-0.2, -0.15) is 5.10 Å². The summed E-state index contributed by atoms with van der Waals surface area (Å²) in [6, 6.07) is 6.63. The maximum Gasteiger partial charge on any atom is 0.132 e. The minimum Gasteiger partial charge on any atom is -0.487 e. The average Bonchev–Trinajstić information content (AvgIpc) is 2.85. The molecule has 108 valence electrons. The third-order valence-corrected chi connectivity index (χ3v) is 3.00. The second-order valence-corrected chi connectivity index (χ2v) is 5.03. The van der Waals surface area contributed by atoms with E-state index in [1.165, 1.54) is 19.1 Å². The summed E-state index contributed by atoms with van der Waals surface area (Å²) in [5.74, 6) is -0.0452. The Morgan fingerprint density at radius 2 is 2.05 bits per heavy atom. The summed E-state index contributed by atoms with van der Waals surface area (Å²) >= 11 is 0. The fourth-order valence-electron chi connectivity index (χ4n) is 1.84. The van der Waals surface area contributed by atoms with Crippen LogP contribution in [0.5, 0.6) is 5.75 Å². The molecule has 0 radical (unpaired) electrons. The van der Waals surface area contributed by atoms with Crippen molar-refractivity contribution >= 4 is 0 Å². The maximum atomic E-state index is 13.7. The fraction of sp³-hybridized carbons (Fsp3) is 0.400. The predicted molar refractivity (Wildman–Crippen MR) is 74.0 cm³/mol. The Bertz CT molecular complexity index is 579. The van der Waals surface area contributed by atoms with Gasteiger partial charge in [0.1, 0.15) is 18.2 Å². The number of aliphatic hydroxyl groups excluding tert-OH is 1. The minimum absolute atomic E-state index is 0.265. The molecule has 0 amide bonds. The van der Waals surface area contributed by atoms with Crippen molar-refractivity contribution in [3.63, 3.8) is 0 Å². The van der Waals surface area contributed by atoms with E-state index in [0.29, 0.717) is 11.8 Å². The zero-order chi connectivity index (χ0) is 14.7. The number of hydrogen-bond acceptors (Lipinski definition) is 3. The Morgan fingerprint density at radius 3 is 2.60 bits per heavy atom. The molecule has 0 spiro atoms. The molecule has 2 aromatic rings. The van der Waals surface area contributed by atoms with Crippen LogP contribution < -0.4 is 4.74 Å². The molecule has 0 unspecified atom stereocenters. The SMILES string of the molecule is CC(C)n1ccc(COc2ccc([C@H](C)O)c(F)c2)n1. The Labute approximate surface area is 117 Å². The molecule has 1 aromatic carbocycles. The minimum atomic E-state index is -0.828. The Kier molecular flexibility index (Phi) is 4.39. The van der Waals surface area contributed by atoms with Crippen LogP contribution in [0.4, 0.5) is 4.39 Å². The van der Waals surface area contributed by atoms with Crippen molar-refractivity contribution in [2.75, 3.05) is 0 Å². The van der Waals surface area contributed by atoms with E-state index < -0.39 is 11.9 Å². The number of nitrogens with zero attached hydrogens (tertiary/aromatic N) is 2. The van der Waals surface area contributed by atoms with Crippen LogP contribution in [0.3, 0.4) is 0 Å². The highest BCUT2D eigenvalue weighted by Gasteiger charge is 2.09. The van der Waals surface area contributed by atoms with Crippen LogP contribution in [0.1, 0.15) is 44.2 Å². The van der Waals surface area contributed by atoms with Crippen LogP contribution in [0.15, 0.2) is 30.5 Å². The van der Waals surface area contributed by atoms with Crippen molar-refractivity contribution in [1.29, 1.82) is 0 Å². The van der Waals surface area contributed by atoms with E-state index >= 15 is 0 Å². The monoisotopic (exact) mass is 278 g/mol. The van der Waals surface area contributed by atoms with Crippen molar-refractivity contribution < 1.29 is 14.2 Å². The Hall–Kier alpha value is -1.88. The molecule has 20 heavy (non-hydrogen) atoms. The van der Waals surface area contributed by atoms with E-state index in [4.69, 9.17) is 4.74 Å². The van der Waals surface area contributed by atoms with Crippen LogP contribution in [0.25, 0.3) is 0 Å². The first-order valence-corrected chi connectivity index (χ1v) is 6.61. The van der Waals surface area contributed by atoms with E-state index in [1.807, 2.05) is 30.8 Å². The van der Waals surface area contributed by atoms with E-state index in [0.717, 1.165) is 5.69 Å². The molecule has 1 N–H and O–H groups in total. The van der Waals surface area contributed by atoms with Gasteiger partial charge < -0.3 is 9.84 Å². The van der Waals surface area contributed by atoms with Gasteiger partial charge in [-0.05, 0) is 39.0 Å². The second-order valence-electron chi connectivity index (χ2n) is 5.03. The van der Waals surface area contributed by atoms with Crippen LogP contribution >= 0.6 is 0 Å². The number of halogens is 1. The highest BCUT2D eigenvalue weighted by Crippen LogP contribution is 2.22. The molecule has 0 saturated heterocycles. The van der Waals surface area contributed by atoms with Gasteiger partial charge in [-0.3, -0.25) is 4.68 Å². The van der Waals surface area contributed by atoms with Crippen molar-refractivity contribution in [2.45, 2.75) is 39.5 Å². The first-order chi connectivity index (χ1) is 9.47. The van der Waals surface area contributed by atoms with E-state index in [9.17, 15) is 9.50 Å². The number of aliphatic hydroxyl groups is 1. The predicted octanol–water partition coefficient (Wildman–Crippen LogP) is 3.24. The zero-order valence-corrected chi connectivity index (χ0v) is 11.9. The molecule has 0 aliphatic carbocycles. The van der Waals surface area contributed by atoms with Gasteiger partial charge in [-0.15, -0.1) is 0 Å². The number of ether oxygens (including phenoxy) is 1. The lowest BCUT2D eigenvalue weighted by Crippen LogP contribution is -2.03. The molecule has 0 aliphatic rings. The van der Waals surface area contributed by atoms with Gasteiger partial charge in [0.15, 0.2) is 0 Å². The summed E-state index contributed by atoms with van der Waals surface area (Å²) in [7, 11) is 0. The molecule has 0 bridgehead atoms.